The van der Waals surface area contributed by atoms with E-state index in [1.54, 1.807) is 0 Å². The van der Waals surface area contributed by atoms with Gasteiger partial charge in [-0.3, -0.25) is 0 Å². The molecule has 88 valence electrons. The lowest BCUT2D eigenvalue weighted by atomic mass is 9.71. The molecule has 2 aliphatic rings. The summed E-state index contributed by atoms with van der Waals surface area (Å²) in [5.41, 5.74) is -0.341. The minimum atomic E-state index is -0.341. The maximum absolute atomic E-state index is 10.8. The number of likely N-dealkylation sites (tertiary alicyclic amines) is 1. The topological polar surface area (TPSA) is 23.5 Å². The van der Waals surface area contributed by atoms with Gasteiger partial charge in [0.25, 0.3) is 0 Å². The molecule has 2 atom stereocenters. The summed E-state index contributed by atoms with van der Waals surface area (Å²) in [6.45, 7) is 3.31. The molecule has 0 amide bonds. The summed E-state index contributed by atoms with van der Waals surface area (Å²) < 4.78 is 0. The molecule has 15 heavy (non-hydrogen) atoms. The summed E-state index contributed by atoms with van der Waals surface area (Å²) in [5.74, 6) is 0.586. The van der Waals surface area contributed by atoms with Crippen molar-refractivity contribution in [2.45, 2.75) is 63.5 Å². The molecule has 1 N–H and O–H groups in total. The number of nitrogens with zero attached hydrogens (tertiary/aromatic N) is 1. The van der Waals surface area contributed by atoms with Crippen LogP contribution in [0.2, 0.25) is 0 Å². The minimum Gasteiger partial charge on any atom is -0.389 e. The summed E-state index contributed by atoms with van der Waals surface area (Å²) in [7, 11) is 2.17. The quantitative estimate of drug-likeness (QED) is 0.720. The van der Waals surface area contributed by atoms with Crippen LogP contribution in [0.3, 0.4) is 0 Å². The van der Waals surface area contributed by atoms with Gasteiger partial charge in [0.05, 0.1) is 5.60 Å². The van der Waals surface area contributed by atoms with Crippen molar-refractivity contribution in [1.29, 1.82) is 0 Å². The van der Waals surface area contributed by atoms with E-state index in [1.165, 1.54) is 32.1 Å². The maximum Gasteiger partial charge on any atom is 0.0702 e. The molecule has 2 rings (SSSR count). The predicted molar refractivity (Wildman–Crippen MR) is 62.9 cm³/mol. The zero-order valence-electron chi connectivity index (χ0n) is 10.2. The van der Waals surface area contributed by atoms with Gasteiger partial charge in [-0.2, -0.15) is 0 Å². The molecule has 2 nitrogen and oxygen atoms in total. The average molecular weight is 211 g/mol. The summed E-state index contributed by atoms with van der Waals surface area (Å²) in [5, 5.41) is 10.8. The zero-order valence-corrected chi connectivity index (χ0v) is 10.2. The van der Waals surface area contributed by atoms with E-state index in [1.807, 2.05) is 0 Å². The van der Waals surface area contributed by atoms with E-state index in [2.05, 4.69) is 18.9 Å². The van der Waals surface area contributed by atoms with Crippen LogP contribution in [0.5, 0.6) is 0 Å². The standard InChI is InChI=1S/C13H25NO/c1-11-10-13(15,8-9-14(11)2)12-6-4-3-5-7-12/h11-12,15H,3-10H2,1-2H3. The van der Waals surface area contributed by atoms with Crippen LogP contribution < -0.4 is 0 Å². The molecule has 0 aromatic rings. The van der Waals surface area contributed by atoms with Crippen LogP contribution in [0.25, 0.3) is 0 Å². The third-order valence-electron chi connectivity index (χ3n) is 4.66. The number of hydrogen-bond donors (Lipinski definition) is 1. The molecule has 1 aliphatic heterocycles. The van der Waals surface area contributed by atoms with Gasteiger partial charge >= 0.3 is 0 Å². The van der Waals surface area contributed by atoms with Crippen LogP contribution in [0, 0.1) is 5.92 Å². The lowest BCUT2D eigenvalue weighted by Gasteiger charge is -2.46. The Balaban J connectivity index is 1.99. The van der Waals surface area contributed by atoms with Gasteiger partial charge in [0.15, 0.2) is 0 Å². The number of aliphatic hydroxyl groups is 1. The fourth-order valence-corrected chi connectivity index (χ4v) is 3.37. The Hall–Kier alpha value is -0.0800. The van der Waals surface area contributed by atoms with Crippen molar-refractivity contribution in [1.82, 2.24) is 4.90 Å². The summed E-state index contributed by atoms with van der Waals surface area (Å²) in [6.07, 6.45) is 8.52. The molecule has 0 bridgehead atoms. The second-order valence-corrected chi connectivity index (χ2v) is 5.72. The first-order valence-corrected chi connectivity index (χ1v) is 6.54. The van der Waals surface area contributed by atoms with Gasteiger partial charge in [-0.1, -0.05) is 19.3 Å². The van der Waals surface area contributed by atoms with Gasteiger partial charge in [-0.05, 0) is 45.6 Å². The fraction of sp³-hybridized carbons (Fsp3) is 1.00. The Labute approximate surface area is 93.7 Å². The molecule has 1 saturated heterocycles. The van der Waals surface area contributed by atoms with Gasteiger partial charge in [-0.15, -0.1) is 0 Å². The van der Waals surface area contributed by atoms with Crippen molar-refractivity contribution < 1.29 is 5.11 Å². The van der Waals surface area contributed by atoms with E-state index >= 15 is 0 Å². The number of rotatable bonds is 1. The van der Waals surface area contributed by atoms with E-state index in [9.17, 15) is 5.11 Å². The number of piperidine rings is 1. The molecule has 0 radical (unpaired) electrons. The molecular formula is C13H25NO. The lowest BCUT2D eigenvalue weighted by Crippen LogP contribution is -2.51. The van der Waals surface area contributed by atoms with Gasteiger partial charge in [0, 0.05) is 12.6 Å². The summed E-state index contributed by atoms with van der Waals surface area (Å²) >= 11 is 0. The van der Waals surface area contributed by atoms with E-state index in [0.29, 0.717) is 12.0 Å². The second-order valence-electron chi connectivity index (χ2n) is 5.72. The summed E-state index contributed by atoms with van der Waals surface area (Å²) in [6, 6.07) is 0.547. The largest absolute Gasteiger partial charge is 0.389 e. The Morgan fingerprint density at radius 1 is 1.20 bits per heavy atom. The maximum atomic E-state index is 10.8. The highest BCUT2D eigenvalue weighted by Crippen LogP contribution is 2.40. The average Bonchev–Trinajstić information content (AvgIpc) is 2.26. The van der Waals surface area contributed by atoms with E-state index in [-0.39, 0.29) is 5.60 Å². The second kappa shape index (κ2) is 4.42. The normalized spacial score (nSPS) is 40.6. The Morgan fingerprint density at radius 3 is 2.47 bits per heavy atom. The fourth-order valence-electron chi connectivity index (χ4n) is 3.37. The van der Waals surface area contributed by atoms with Gasteiger partial charge in [0.2, 0.25) is 0 Å². The van der Waals surface area contributed by atoms with Crippen LogP contribution in [0.4, 0.5) is 0 Å². The first kappa shape index (κ1) is 11.4. The predicted octanol–water partition coefficient (Wildman–Crippen LogP) is 2.41. The minimum absolute atomic E-state index is 0.341. The molecule has 2 unspecified atom stereocenters. The molecule has 0 spiro atoms. The highest BCUT2D eigenvalue weighted by molar-refractivity contribution is 4.94. The Morgan fingerprint density at radius 2 is 1.87 bits per heavy atom. The van der Waals surface area contributed by atoms with Crippen LogP contribution in [0.1, 0.15) is 51.9 Å². The SMILES string of the molecule is CC1CC(O)(C2CCCCC2)CCN1C. The monoisotopic (exact) mass is 211 g/mol. The van der Waals surface area contributed by atoms with Crippen molar-refractivity contribution in [2.75, 3.05) is 13.6 Å². The molecule has 2 heteroatoms. The van der Waals surface area contributed by atoms with Gasteiger partial charge in [0.1, 0.15) is 0 Å². The zero-order chi connectivity index (χ0) is 10.9. The van der Waals surface area contributed by atoms with Gasteiger partial charge in [-0.25, -0.2) is 0 Å². The first-order valence-electron chi connectivity index (χ1n) is 6.54. The summed E-state index contributed by atoms with van der Waals surface area (Å²) in [4.78, 5) is 2.37. The van der Waals surface area contributed by atoms with Crippen molar-refractivity contribution >= 4 is 0 Å². The highest BCUT2D eigenvalue weighted by Gasteiger charge is 2.41. The Bertz CT molecular complexity index is 213. The molecule has 1 saturated carbocycles. The van der Waals surface area contributed by atoms with E-state index < -0.39 is 0 Å². The molecule has 1 aliphatic carbocycles. The third-order valence-corrected chi connectivity index (χ3v) is 4.66. The van der Waals surface area contributed by atoms with Crippen molar-refractivity contribution in [3.63, 3.8) is 0 Å². The molecule has 0 aromatic carbocycles. The first-order chi connectivity index (χ1) is 7.12. The molecule has 1 heterocycles. The molecular weight excluding hydrogens is 186 g/mol. The molecule has 2 fully saturated rings. The Kier molecular flexibility index (Phi) is 3.36. The smallest absolute Gasteiger partial charge is 0.0702 e. The number of hydrogen-bond acceptors (Lipinski definition) is 2. The van der Waals surface area contributed by atoms with Gasteiger partial charge < -0.3 is 10.0 Å². The van der Waals surface area contributed by atoms with Crippen LogP contribution in [0.15, 0.2) is 0 Å². The lowest BCUT2D eigenvalue weighted by molar-refractivity contribution is -0.0885. The van der Waals surface area contributed by atoms with Crippen molar-refractivity contribution in [2.24, 2.45) is 5.92 Å². The van der Waals surface area contributed by atoms with Crippen molar-refractivity contribution in [3.05, 3.63) is 0 Å². The van der Waals surface area contributed by atoms with Crippen LogP contribution >= 0.6 is 0 Å². The van der Waals surface area contributed by atoms with Crippen molar-refractivity contribution in [3.8, 4) is 0 Å². The van der Waals surface area contributed by atoms with E-state index in [0.717, 1.165) is 19.4 Å². The van der Waals surface area contributed by atoms with E-state index in [4.69, 9.17) is 0 Å². The van der Waals surface area contributed by atoms with Crippen LogP contribution in [-0.4, -0.2) is 35.2 Å². The third kappa shape index (κ3) is 2.36. The highest BCUT2D eigenvalue weighted by atomic mass is 16.3. The molecule has 0 aromatic heterocycles. The van der Waals surface area contributed by atoms with Crippen LogP contribution in [-0.2, 0) is 0 Å².